The van der Waals surface area contributed by atoms with Gasteiger partial charge in [-0.2, -0.15) is 0 Å². The maximum atomic E-state index is 10.4. The summed E-state index contributed by atoms with van der Waals surface area (Å²) in [6, 6.07) is 7.68. The summed E-state index contributed by atoms with van der Waals surface area (Å²) >= 11 is 0. The van der Waals surface area contributed by atoms with Gasteiger partial charge >= 0.3 is 0 Å². The minimum Gasteiger partial charge on any atom is -0.494 e. The average molecular weight is 288 g/mol. The molecule has 0 aliphatic heterocycles. The maximum Gasteiger partial charge on any atom is 0.119 e. The van der Waals surface area contributed by atoms with Crippen molar-refractivity contribution in [2.24, 2.45) is 0 Å². The monoisotopic (exact) mass is 288 g/mol. The lowest BCUT2D eigenvalue weighted by molar-refractivity contribution is 0.174. The number of benzene rings is 1. The summed E-state index contributed by atoms with van der Waals surface area (Å²) in [5, 5.41) is 10.4. The Bertz CT molecular complexity index is 551. The van der Waals surface area contributed by atoms with E-state index >= 15 is 0 Å². The zero-order chi connectivity index (χ0) is 15.1. The number of rotatable bonds is 8. The van der Waals surface area contributed by atoms with Crippen molar-refractivity contribution in [2.75, 3.05) is 6.61 Å². The summed E-state index contributed by atoms with van der Waals surface area (Å²) < 4.78 is 7.71. The van der Waals surface area contributed by atoms with Crippen molar-refractivity contribution in [3.8, 4) is 5.75 Å². The van der Waals surface area contributed by atoms with Gasteiger partial charge in [0.1, 0.15) is 11.6 Å². The Balaban J connectivity index is 2.05. The third-order valence-electron chi connectivity index (χ3n) is 3.36. The summed E-state index contributed by atoms with van der Waals surface area (Å²) in [5.74, 6) is 1.73. The van der Waals surface area contributed by atoms with E-state index in [0.717, 1.165) is 36.5 Å². The molecule has 1 N–H and O–H groups in total. The number of imidazole rings is 1. The normalized spacial score (nSPS) is 12.3. The van der Waals surface area contributed by atoms with Gasteiger partial charge in [0.25, 0.3) is 0 Å². The van der Waals surface area contributed by atoms with Crippen LogP contribution in [0.25, 0.3) is 0 Å². The number of aryl methyl sites for hydroxylation is 1. The number of hydrogen-bond acceptors (Lipinski definition) is 3. The van der Waals surface area contributed by atoms with Crippen molar-refractivity contribution in [1.29, 1.82) is 0 Å². The summed E-state index contributed by atoms with van der Waals surface area (Å²) in [4.78, 5) is 4.34. The fraction of sp³-hybridized carbons (Fsp3) is 0.471. The van der Waals surface area contributed by atoms with Gasteiger partial charge in [-0.3, -0.25) is 0 Å². The summed E-state index contributed by atoms with van der Waals surface area (Å²) in [5.41, 5.74) is 0.870. The quantitative estimate of drug-likeness (QED) is 0.810. The van der Waals surface area contributed by atoms with E-state index < -0.39 is 6.10 Å². The number of aromatic nitrogens is 2. The van der Waals surface area contributed by atoms with Crippen LogP contribution in [0.3, 0.4) is 0 Å². The number of nitrogens with zero attached hydrogens (tertiary/aromatic N) is 2. The number of hydrogen-bond donors (Lipinski definition) is 1. The van der Waals surface area contributed by atoms with Gasteiger partial charge in [-0.25, -0.2) is 4.98 Å². The fourth-order valence-electron chi connectivity index (χ4n) is 2.30. The van der Waals surface area contributed by atoms with Crippen LogP contribution in [0.2, 0.25) is 0 Å². The van der Waals surface area contributed by atoms with E-state index in [2.05, 4.69) is 23.4 Å². The molecular formula is C17H24N2O2. The van der Waals surface area contributed by atoms with Gasteiger partial charge in [0.15, 0.2) is 0 Å². The second-order valence-electron chi connectivity index (χ2n) is 5.18. The van der Waals surface area contributed by atoms with Crippen LogP contribution in [-0.4, -0.2) is 21.3 Å². The van der Waals surface area contributed by atoms with Crippen LogP contribution in [0.15, 0.2) is 36.7 Å². The van der Waals surface area contributed by atoms with Gasteiger partial charge in [0.2, 0.25) is 0 Å². The van der Waals surface area contributed by atoms with Crippen LogP contribution < -0.4 is 4.74 Å². The number of aliphatic hydroxyl groups is 1. The molecule has 4 nitrogen and oxygen atoms in total. The van der Waals surface area contributed by atoms with Crippen LogP contribution in [-0.2, 0) is 13.0 Å². The molecule has 1 atom stereocenters. The molecule has 0 fully saturated rings. The highest BCUT2D eigenvalue weighted by atomic mass is 16.5. The second-order valence-corrected chi connectivity index (χ2v) is 5.18. The van der Waals surface area contributed by atoms with E-state index in [0.29, 0.717) is 13.0 Å². The van der Waals surface area contributed by atoms with Crippen LogP contribution in [0.5, 0.6) is 5.75 Å². The van der Waals surface area contributed by atoms with E-state index in [9.17, 15) is 5.11 Å². The van der Waals surface area contributed by atoms with Crippen LogP contribution in [0, 0.1) is 0 Å². The maximum absolute atomic E-state index is 10.4. The molecule has 0 spiro atoms. The van der Waals surface area contributed by atoms with Crippen molar-refractivity contribution in [2.45, 2.75) is 45.8 Å². The van der Waals surface area contributed by atoms with Crippen LogP contribution >= 0.6 is 0 Å². The Morgan fingerprint density at radius 2 is 2.14 bits per heavy atom. The van der Waals surface area contributed by atoms with Crippen LogP contribution in [0.1, 0.15) is 44.2 Å². The average Bonchev–Trinajstić information content (AvgIpc) is 2.93. The first-order valence-electron chi connectivity index (χ1n) is 7.65. The van der Waals surface area contributed by atoms with Gasteiger partial charge in [-0.05, 0) is 30.5 Å². The molecule has 1 aromatic carbocycles. The Hall–Kier alpha value is -1.81. The third-order valence-corrected chi connectivity index (χ3v) is 3.36. The first kappa shape index (κ1) is 15.6. The number of aliphatic hydroxyl groups excluding tert-OH is 1. The summed E-state index contributed by atoms with van der Waals surface area (Å²) in [7, 11) is 0. The predicted octanol–water partition coefficient (Wildman–Crippen LogP) is 3.36. The Labute approximate surface area is 126 Å². The molecule has 0 bridgehead atoms. The standard InChI is InChI=1S/C17H24N2O2/c1-3-9-19-10-8-18-17(19)13-16(20)14-6-5-7-15(12-14)21-11-4-2/h5-8,10,12,16,20H,3-4,9,11,13H2,1-2H3. The SMILES string of the molecule is CCCOc1cccc(C(O)Cc2nccn2CCC)c1. The van der Waals surface area contributed by atoms with Gasteiger partial charge in [0.05, 0.1) is 12.7 Å². The number of ether oxygens (including phenoxy) is 1. The highest BCUT2D eigenvalue weighted by molar-refractivity contribution is 5.30. The molecule has 1 heterocycles. The molecule has 0 aliphatic carbocycles. The highest BCUT2D eigenvalue weighted by Crippen LogP contribution is 2.22. The lowest BCUT2D eigenvalue weighted by Crippen LogP contribution is -2.09. The van der Waals surface area contributed by atoms with E-state index in [1.165, 1.54) is 0 Å². The lowest BCUT2D eigenvalue weighted by Gasteiger charge is -2.14. The van der Waals surface area contributed by atoms with E-state index in [1.807, 2.05) is 30.5 Å². The molecule has 2 aromatic rings. The molecule has 0 saturated heterocycles. The molecule has 0 aliphatic rings. The van der Waals surface area contributed by atoms with Gasteiger partial charge < -0.3 is 14.4 Å². The first-order chi connectivity index (χ1) is 10.2. The molecule has 4 heteroatoms. The smallest absolute Gasteiger partial charge is 0.119 e. The zero-order valence-electron chi connectivity index (χ0n) is 12.8. The Morgan fingerprint density at radius 3 is 2.90 bits per heavy atom. The minimum absolute atomic E-state index is 0.518. The molecule has 2 rings (SSSR count). The molecule has 21 heavy (non-hydrogen) atoms. The van der Waals surface area contributed by atoms with Crippen molar-refractivity contribution < 1.29 is 9.84 Å². The molecule has 0 radical (unpaired) electrons. The van der Waals surface area contributed by atoms with Gasteiger partial charge in [-0.1, -0.05) is 26.0 Å². The second kappa shape index (κ2) is 7.84. The molecular weight excluding hydrogens is 264 g/mol. The fourth-order valence-corrected chi connectivity index (χ4v) is 2.30. The first-order valence-corrected chi connectivity index (χ1v) is 7.65. The Morgan fingerprint density at radius 1 is 1.29 bits per heavy atom. The van der Waals surface area contributed by atoms with Crippen molar-refractivity contribution >= 4 is 0 Å². The van der Waals surface area contributed by atoms with E-state index in [4.69, 9.17) is 4.74 Å². The topological polar surface area (TPSA) is 47.3 Å². The predicted molar refractivity (Wildman–Crippen MR) is 83.4 cm³/mol. The van der Waals surface area contributed by atoms with E-state index in [-0.39, 0.29) is 0 Å². The summed E-state index contributed by atoms with van der Waals surface area (Å²) in [6.07, 6.45) is 5.74. The lowest BCUT2D eigenvalue weighted by atomic mass is 10.1. The Kier molecular flexibility index (Phi) is 5.81. The molecule has 0 amide bonds. The zero-order valence-corrected chi connectivity index (χ0v) is 12.8. The van der Waals surface area contributed by atoms with Gasteiger partial charge in [-0.15, -0.1) is 0 Å². The molecule has 1 aromatic heterocycles. The molecule has 114 valence electrons. The van der Waals surface area contributed by atoms with Crippen LogP contribution in [0.4, 0.5) is 0 Å². The highest BCUT2D eigenvalue weighted by Gasteiger charge is 2.13. The van der Waals surface area contributed by atoms with Crippen molar-refractivity contribution in [3.05, 3.63) is 48.0 Å². The van der Waals surface area contributed by atoms with Crippen molar-refractivity contribution in [1.82, 2.24) is 9.55 Å². The molecule has 0 saturated carbocycles. The minimum atomic E-state index is -0.562. The van der Waals surface area contributed by atoms with E-state index in [1.54, 1.807) is 6.20 Å². The van der Waals surface area contributed by atoms with Crippen molar-refractivity contribution in [3.63, 3.8) is 0 Å². The largest absolute Gasteiger partial charge is 0.494 e. The molecule has 1 unspecified atom stereocenters. The third kappa shape index (κ3) is 4.33. The summed E-state index contributed by atoms with van der Waals surface area (Å²) in [6.45, 7) is 5.84. The van der Waals surface area contributed by atoms with Gasteiger partial charge in [0, 0.05) is 25.4 Å².